The summed E-state index contributed by atoms with van der Waals surface area (Å²) in [6.07, 6.45) is 3.31. The maximum Gasteiger partial charge on any atom is 0.215 e. The lowest BCUT2D eigenvalue weighted by molar-refractivity contribution is 0.221. The van der Waals surface area contributed by atoms with Gasteiger partial charge in [0.25, 0.3) is 0 Å². The molecule has 100 valence electrons. The van der Waals surface area contributed by atoms with E-state index < -0.39 is 10.0 Å². The lowest BCUT2D eigenvalue weighted by Gasteiger charge is -2.33. The van der Waals surface area contributed by atoms with Gasteiger partial charge >= 0.3 is 0 Å². The molecule has 0 spiro atoms. The maximum atomic E-state index is 12.2. The molecule has 2 rings (SSSR count). The molecule has 0 saturated carbocycles. The van der Waals surface area contributed by atoms with Crippen molar-refractivity contribution in [2.24, 2.45) is 0 Å². The highest BCUT2D eigenvalue weighted by molar-refractivity contribution is 7.89. The molecular formula is C11H23N3O2S. The van der Waals surface area contributed by atoms with Crippen molar-refractivity contribution in [1.29, 1.82) is 0 Å². The van der Waals surface area contributed by atoms with Crippen LogP contribution in [0.15, 0.2) is 0 Å². The SMILES string of the molecule is CN1CCN(S(=O)(=O)CC2CCCCN2)CC1. The summed E-state index contributed by atoms with van der Waals surface area (Å²) in [5.74, 6) is 0.275. The Kier molecular flexibility index (Phi) is 4.41. The van der Waals surface area contributed by atoms with Crippen LogP contribution in [-0.4, -0.2) is 69.2 Å². The molecule has 1 unspecified atom stereocenters. The Morgan fingerprint density at radius 1 is 1.18 bits per heavy atom. The highest BCUT2D eigenvalue weighted by Gasteiger charge is 2.28. The van der Waals surface area contributed by atoms with Crippen molar-refractivity contribution in [2.75, 3.05) is 45.5 Å². The minimum absolute atomic E-state index is 0.161. The normalized spacial score (nSPS) is 29.4. The number of piperidine rings is 1. The first-order chi connectivity index (χ1) is 8.08. The molecule has 1 N–H and O–H groups in total. The molecule has 17 heavy (non-hydrogen) atoms. The second-order valence-corrected chi connectivity index (χ2v) is 7.14. The number of nitrogens with one attached hydrogen (secondary N) is 1. The molecule has 5 nitrogen and oxygen atoms in total. The second kappa shape index (κ2) is 5.65. The first-order valence-electron chi connectivity index (χ1n) is 6.48. The molecule has 0 amide bonds. The fraction of sp³-hybridized carbons (Fsp3) is 1.00. The highest BCUT2D eigenvalue weighted by Crippen LogP contribution is 2.13. The Morgan fingerprint density at radius 2 is 1.88 bits per heavy atom. The molecule has 0 bridgehead atoms. The summed E-state index contributed by atoms with van der Waals surface area (Å²) in [4.78, 5) is 2.17. The van der Waals surface area contributed by atoms with E-state index in [0.717, 1.165) is 32.5 Å². The minimum Gasteiger partial charge on any atom is -0.313 e. The minimum atomic E-state index is -3.06. The standard InChI is InChI=1S/C11H23N3O2S/c1-13-6-8-14(9-7-13)17(15,16)10-11-4-2-3-5-12-11/h11-12H,2-10H2,1H3. The van der Waals surface area contributed by atoms with Crippen LogP contribution < -0.4 is 5.32 Å². The number of hydrogen-bond acceptors (Lipinski definition) is 4. The van der Waals surface area contributed by atoms with Crippen LogP contribution in [-0.2, 0) is 10.0 Å². The molecule has 2 saturated heterocycles. The molecule has 0 radical (unpaired) electrons. The quantitative estimate of drug-likeness (QED) is 0.758. The van der Waals surface area contributed by atoms with Gasteiger partial charge in [0.1, 0.15) is 0 Å². The largest absolute Gasteiger partial charge is 0.313 e. The Labute approximate surface area is 104 Å². The van der Waals surface area contributed by atoms with E-state index in [2.05, 4.69) is 10.2 Å². The Hall–Kier alpha value is -0.170. The van der Waals surface area contributed by atoms with E-state index in [1.54, 1.807) is 4.31 Å². The topological polar surface area (TPSA) is 52.7 Å². The number of likely N-dealkylation sites (N-methyl/N-ethyl adjacent to an activating group) is 1. The van der Waals surface area contributed by atoms with Crippen molar-refractivity contribution in [3.63, 3.8) is 0 Å². The van der Waals surface area contributed by atoms with Crippen LogP contribution in [0.2, 0.25) is 0 Å². The van der Waals surface area contributed by atoms with Gasteiger partial charge in [-0.2, -0.15) is 4.31 Å². The van der Waals surface area contributed by atoms with Crippen molar-refractivity contribution >= 4 is 10.0 Å². The molecule has 0 aromatic carbocycles. The smallest absolute Gasteiger partial charge is 0.215 e. The van der Waals surface area contributed by atoms with Crippen LogP contribution in [0.25, 0.3) is 0 Å². The average molecular weight is 261 g/mol. The van der Waals surface area contributed by atoms with E-state index in [-0.39, 0.29) is 11.8 Å². The summed E-state index contributed by atoms with van der Waals surface area (Å²) in [5.41, 5.74) is 0. The van der Waals surface area contributed by atoms with Crippen LogP contribution in [0.1, 0.15) is 19.3 Å². The maximum absolute atomic E-state index is 12.2. The number of piperazine rings is 1. The molecule has 2 aliphatic heterocycles. The second-order valence-electron chi connectivity index (χ2n) is 5.13. The molecule has 2 heterocycles. The Morgan fingerprint density at radius 3 is 2.47 bits per heavy atom. The van der Waals surface area contributed by atoms with Crippen LogP contribution in [0.5, 0.6) is 0 Å². The molecule has 0 aromatic heterocycles. The lowest BCUT2D eigenvalue weighted by Crippen LogP contribution is -2.50. The predicted molar refractivity (Wildman–Crippen MR) is 68.5 cm³/mol. The fourth-order valence-electron chi connectivity index (χ4n) is 2.49. The third kappa shape index (κ3) is 3.64. The van der Waals surface area contributed by atoms with Crippen molar-refractivity contribution in [2.45, 2.75) is 25.3 Å². The van der Waals surface area contributed by atoms with Gasteiger partial charge in [-0.1, -0.05) is 6.42 Å². The van der Waals surface area contributed by atoms with Gasteiger partial charge in [-0.15, -0.1) is 0 Å². The summed E-state index contributed by atoms with van der Waals surface area (Å²) in [7, 11) is -1.03. The third-order valence-corrected chi connectivity index (χ3v) is 5.66. The monoisotopic (exact) mass is 261 g/mol. The zero-order chi connectivity index (χ0) is 12.3. The number of nitrogens with zero attached hydrogens (tertiary/aromatic N) is 2. The van der Waals surface area contributed by atoms with E-state index in [1.165, 1.54) is 6.42 Å². The van der Waals surface area contributed by atoms with Crippen molar-refractivity contribution < 1.29 is 8.42 Å². The molecule has 0 aliphatic carbocycles. The van der Waals surface area contributed by atoms with Crippen LogP contribution in [0.3, 0.4) is 0 Å². The number of hydrogen-bond donors (Lipinski definition) is 1. The Balaban J connectivity index is 1.89. The molecule has 0 aromatic rings. The van der Waals surface area contributed by atoms with Gasteiger partial charge in [-0.3, -0.25) is 0 Å². The first kappa shape index (κ1) is 13.3. The van der Waals surface area contributed by atoms with Crippen LogP contribution in [0.4, 0.5) is 0 Å². The van der Waals surface area contributed by atoms with E-state index >= 15 is 0 Å². The molecular weight excluding hydrogens is 238 g/mol. The van der Waals surface area contributed by atoms with Crippen LogP contribution >= 0.6 is 0 Å². The average Bonchev–Trinajstić information content (AvgIpc) is 2.30. The summed E-state index contributed by atoms with van der Waals surface area (Å²) in [6.45, 7) is 3.94. The third-order valence-electron chi connectivity index (χ3n) is 3.68. The summed E-state index contributed by atoms with van der Waals surface area (Å²) in [5, 5.41) is 3.31. The van der Waals surface area contributed by atoms with Gasteiger partial charge < -0.3 is 10.2 Å². The van der Waals surface area contributed by atoms with Gasteiger partial charge in [0.05, 0.1) is 5.75 Å². The number of rotatable bonds is 3. The Bertz CT molecular complexity index is 331. The first-order valence-corrected chi connectivity index (χ1v) is 8.08. The molecule has 2 aliphatic rings. The van der Waals surface area contributed by atoms with E-state index in [9.17, 15) is 8.42 Å². The van der Waals surface area contributed by atoms with Gasteiger partial charge in [-0.05, 0) is 26.4 Å². The van der Waals surface area contributed by atoms with E-state index in [4.69, 9.17) is 0 Å². The zero-order valence-electron chi connectivity index (χ0n) is 10.6. The van der Waals surface area contributed by atoms with Crippen molar-refractivity contribution in [3.05, 3.63) is 0 Å². The zero-order valence-corrected chi connectivity index (χ0v) is 11.4. The van der Waals surface area contributed by atoms with E-state index in [1.807, 2.05) is 7.05 Å². The van der Waals surface area contributed by atoms with Crippen molar-refractivity contribution in [3.8, 4) is 0 Å². The summed E-state index contributed by atoms with van der Waals surface area (Å²) >= 11 is 0. The molecule has 1 atom stereocenters. The van der Waals surface area contributed by atoms with E-state index in [0.29, 0.717) is 13.1 Å². The predicted octanol–water partition coefficient (Wildman–Crippen LogP) is -0.294. The van der Waals surface area contributed by atoms with Crippen LogP contribution in [0, 0.1) is 0 Å². The number of sulfonamides is 1. The van der Waals surface area contributed by atoms with Crippen molar-refractivity contribution in [1.82, 2.24) is 14.5 Å². The van der Waals surface area contributed by atoms with Gasteiger partial charge in [-0.25, -0.2) is 8.42 Å². The summed E-state index contributed by atoms with van der Waals surface area (Å²) in [6, 6.07) is 0.161. The fourth-order valence-corrected chi connectivity index (χ4v) is 4.22. The molecule has 6 heteroatoms. The summed E-state index contributed by atoms with van der Waals surface area (Å²) < 4.78 is 26.1. The van der Waals surface area contributed by atoms with Gasteiger partial charge in [0, 0.05) is 32.2 Å². The van der Waals surface area contributed by atoms with Gasteiger partial charge in [0.15, 0.2) is 0 Å². The lowest BCUT2D eigenvalue weighted by atomic mass is 10.1. The molecule has 2 fully saturated rings. The van der Waals surface area contributed by atoms with Gasteiger partial charge in [0.2, 0.25) is 10.0 Å². The highest BCUT2D eigenvalue weighted by atomic mass is 32.2.